The monoisotopic (exact) mass is 620 g/mol. The summed E-state index contributed by atoms with van der Waals surface area (Å²) in [5, 5.41) is 1.85. The van der Waals surface area contributed by atoms with Crippen molar-refractivity contribution in [1.82, 2.24) is 0 Å². The van der Waals surface area contributed by atoms with Gasteiger partial charge >= 0.3 is 43.5 Å². The Balaban J connectivity index is -0.000000384. The van der Waals surface area contributed by atoms with Gasteiger partial charge in [0.2, 0.25) is 0 Å². The van der Waals surface area contributed by atoms with E-state index in [0.717, 1.165) is 23.2 Å². The van der Waals surface area contributed by atoms with Crippen LogP contribution in [-0.2, 0) is 52.4 Å². The molecule has 0 radical (unpaired) electrons. The van der Waals surface area contributed by atoms with Crippen molar-refractivity contribution in [2.45, 2.75) is 12.8 Å². The fourth-order valence-corrected chi connectivity index (χ4v) is 5.99. The zero-order valence-corrected chi connectivity index (χ0v) is 23.5. The summed E-state index contributed by atoms with van der Waals surface area (Å²) in [6.07, 6.45) is 15.8. The first-order valence-corrected chi connectivity index (χ1v) is 10.9. The van der Waals surface area contributed by atoms with E-state index in [1.807, 2.05) is 24.3 Å². The van der Waals surface area contributed by atoms with Gasteiger partial charge < -0.3 is 51.4 Å². The number of allylic oxidation sites excluding steroid dienone is 8. The van der Waals surface area contributed by atoms with Crippen LogP contribution >= 0.6 is 0 Å². The Hall–Kier alpha value is 0.604. The standard InChI is InChI=1S/2C8H13O3Si.2ClH.Hf/c2*1-9-12(10-2,11-3)8-6-4-5-7-8;;;/h2*4,6H,5H2,1-3H3;2*1H;/q2*-1;;;+4/p-2. The molecular formula is C16H26Cl2HfO6Si2. The first-order valence-electron chi connectivity index (χ1n) is 7.44. The van der Waals surface area contributed by atoms with Gasteiger partial charge in [0.25, 0.3) is 0 Å². The smallest absolute Gasteiger partial charge is 1.00 e. The van der Waals surface area contributed by atoms with E-state index in [9.17, 15) is 0 Å². The largest absolute Gasteiger partial charge is 4.00 e. The summed E-state index contributed by atoms with van der Waals surface area (Å²) in [4.78, 5) is 0. The molecule has 0 N–H and O–H groups in total. The molecule has 0 aliphatic heterocycles. The fraction of sp³-hybridized carbons (Fsp3) is 0.500. The van der Waals surface area contributed by atoms with E-state index in [1.54, 1.807) is 42.7 Å². The van der Waals surface area contributed by atoms with Gasteiger partial charge in [0.1, 0.15) is 0 Å². The van der Waals surface area contributed by atoms with E-state index >= 15 is 0 Å². The van der Waals surface area contributed by atoms with Crippen LogP contribution in [0.3, 0.4) is 0 Å². The third-order valence-corrected chi connectivity index (χ3v) is 8.89. The summed E-state index contributed by atoms with van der Waals surface area (Å²) in [6, 6.07) is 0. The number of rotatable bonds is 8. The van der Waals surface area contributed by atoms with E-state index in [0.29, 0.717) is 0 Å². The van der Waals surface area contributed by atoms with E-state index in [-0.39, 0.29) is 50.7 Å². The molecule has 0 aromatic carbocycles. The van der Waals surface area contributed by atoms with Gasteiger partial charge in [-0.3, -0.25) is 12.2 Å². The van der Waals surface area contributed by atoms with Crippen LogP contribution in [0.15, 0.2) is 34.7 Å². The van der Waals surface area contributed by atoms with Gasteiger partial charge in [0.05, 0.1) is 0 Å². The van der Waals surface area contributed by atoms with Crippen molar-refractivity contribution in [3.63, 3.8) is 0 Å². The van der Waals surface area contributed by atoms with Gasteiger partial charge in [0, 0.05) is 42.7 Å². The fourth-order valence-electron chi connectivity index (χ4n) is 2.39. The molecule has 0 unspecified atom stereocenters. The summed E-state index contributed by atoms with van der Waals surface area (Å²) in [6.45, 7) is 0. The Morgan fingerprint density at radius 1 is 0.630 bits per heavy atom. The summed E-state index contributed by atoms with van der Waals surface area (Å²) in [5.41, 5.74) is 0. The SMILES string of the molecule is CO[Si](OC)(OC)C1=[C-]CC=C1.CO[Si](OC)(OC)C1=[C-]CC=C1.[Cl-].[Cl-].[Hf+4]. The maximum absolute atomic E-state index is 5.26. The molecule has 11 heteroatoms. The molecular weight excluding hydrogens is 594 g/mol. The van der Waals surface area contributed by atoms with Crippen LogP contribution in [0.2, 0.25) is 0 Å². The third kappa shape index (κ3) is 8.09. The second kappa shape index (κ2) is 16.4. The summed E-state index contributed by atoms with van der Waals surface area (Å²) < 4.78 is 31.6. The molecule has 0 fully saturated rings. The average Bonchev–Trinajstić information content (AvgIpc) is 3.34. The van der Waals surface area contributed by atoms with Gasteiger partial charge in [0.15, 0.2) is 0 Å². The molecule has 27 heavy (non-hydrogen) atoms. The van der Waals surface area contributed by atoms with Crippen LogP contribution in [0.5, 0.6) is 0 Å². The van der Waals surface area contributed by atoms with Crippen LogP contribution in [0.25, 0.3) is 0 Å². The topological polar surface area (TPSA) is 55.4 Å². The molecule has 0 heterocycles. The number of halogens is 2. The minimum atomic E-state index is -2.57. The first-order chi connectivity index (χ1) is 11.6. The number of hydrogen-bond acceptors (Lipinski definition) is 6. The predicted molar refractivity (Wildman–Crippen MR) is 94.6 cm³/mol. The van der Waals surface area contributed by atoms with Crippen LogP contribution in [0.1, 0.15) is 12.8 Å². The molecule has 2 aliphatic carbocycles. The van der Waals surface area contributed by atoms with Gasteiger partial charge in [-0.15, -0.1) is 12.8 Å². The maximum atomic E-state index is 5.26. The van der Waals surface area contributed by atoms with Crippen molar-refractivity contribution >= 4 is 17.6 Å². The van der Waals surface area contributed by atoms with Crippen LogP contribution < -0.4 is 24.8 Å². The Morgan fingerprint density at radius 3 is 1.04 bits per heavy atom. The van der Waals surface area contributed by atoms with Crippen molar-refractivity contribution in [2.75, 3.05) is 42.7 Å². The first kappa shape index (κ1) is 32.3. The van der Waals surface area contributed by atoms with Crippen molar-refractivity contribution in [1.29, 1.82) is 0 Å². The Labute approximate surface area is 196 Å². The molecule has 2 rings (SSSR count). The second-order valence-electron chi connectivity index (χ2n) is 4.73. The summed E-state index contributed by atoms with van der Waals surface area (Å²) >= 11 is 0. The molecule has 0 saturated carbocycles. The minimum absolute atomic E-state index is 0. The quantitative estimate of drug-likeness (QED) is 0.205. The normalized spacial score (nSPS) is 14.9. The number of hydrogen-bond donors (Lipinski definition) is 0. The molecule has 0 amide bonds. The molecule has 0 aromatic rings. The van der Waals surface area contributed by atoms with E-state index in [1.165, 1.54) is 0 Å². The van der Waals surface area contributed by atoms with Crippen LogP contribution in [0.4, 0.5) is 0 Å². The van der Waals surface area contributed by atoms with Crippen LogP contribution in [0, 0.1) is 12.2 Å². The van der Waals surface area contributed by atoms with Crippen molar-refractivity contribution in [2.24, 2.45) is 0 Å². The third-order valence-electron chi connectivity index (χ3n) is 3.66. The molecule has 0 aromatic heterocycles. The Morgan fingerprint density at radius 2 is 0.889 bits per heavy atom. The Bertz CT molecular complexity index is 459. The molecule has 6 nitrogen and oxygen atoms in total. The molecule has 0 bridgehead atoms. The molecule has 0 atom stereocenters. The van der Waals surface area contributed by atoms with Gasteiger partial charge in [-0.25, -0.2) is 12.2 Å². The minimum Gasteiger partial charge on any atom is -1.00 e. The summed E-state index contributed by atoms with van der Waals surface area (Å²) in [7, 11) is 4.45. The average molecular weight is 620 g/mol. The molecule has 2 aliphatic rings. The van der Waals surface area contributed by atoms with Crippen molar-refractivity contribution in [3.05, 3.63) is 46.8 Å². The second-order valence-corrected chi connectivity index (χ2v) is 10.5. The van der Waals surface area contributed by atoms with Crippen molar-refractivity contribution in [3.8, 4) is 0 Å². The molecule has 0 saturated heterocycles. The van der Waals surface area contributed by atoms with Crippen molar-refractivity contribution < 1.29 is 77.2 Å². The van der Waals surface area contributed by atoms with Crippen LogP contribution in [-0.4, -0.2) is 60.3 Å². The van der Waals surface area contributed by atoms with E-state index in [2.05, 4.69) is 12.2 Å². The van der Waals surface area contributed by atoms with Gasteiger partial charge in [-0.2, -0.15) is 22.5 Å². The predicted octanol–water partition coefficient (Wildman–Crippen LogP) is -3.81. The molecule has 152 valence electrons. The maximum Gasteiger partial charge on any atom is 4.00 e. The molecule has 0 spiro atoms. The zero-order chi connectivity index (χ0) is 18.1. The Kier molecular flexibility index (Phi) is 19.6. The zero-order valence-electron chi connectivity index (χ0n) is 16.4. The van der Waals surface area contributed by atoms with Gasteiger partial charge in [-0.05, 0) is 0 Å². The summed E-state index contributed by atoms with van der Waals surface area (Å²) in [5.74, 6) is 0. The van der Waals surface area contributed by atoms with E-state index in [4.69, 9.17) is 26.6 Å². The van der Waals surface area contributed by atoms with E-state index < -0.39 is 17.6 Å². The van der Waals surface area contributed by atoms with Gasteiger partial charge in [-0.1, -0.05) is 0 Å².